The van der Waals surface area contributed by atoms with Crippen molar-refractivity contribution in [1.82, 2.24) is 20.2 Å². The van der Waals surface area contributed by atoms with Crippen molar-refractivity contribution in [2.24, 2.45) is 0 Å². The average molecular weight is 400 g/mol. The van der Waals surface area contributed by atoms with Crippen LogP contribution in [-0.2, 0) is 4.79 Å². The topological polar surface area (TPSA) is 92.3 Å². The summed E-state index contributed by atoms with van der Waals surface area (Å²) in [5.41, 5.74) is 0.423. The van der Waals surface area contributed by atoms with Gasteiger partial charge in [-0.05, 0) is 12.8 Å². The Bertz CT molecular complexity index is 953. The van der Waals surface area contributed by atoms with Gasteiger partial charge in [-0.3, -0.25) is 24.5 Å². The Morgan fingerprint density at radius 1 is 1.07 bits per heavy atom. The van der Waals surface area contributed by atoms with Gasteiger partial charge in [0.15, 0.2) is 5.78 Å². The molecule has 29 heavy (non-hydrogen) atoms. The fourth-order valence-corrected chi connectivity index (χ4v) is 3.71. The van der Waals surface area contributed by atoms with Crippen molar-refractivity contribution in [2.75, 3.05) is 6.54 Å². The van der Waals surface area contributed by atoms with Crippen LogP contribution in [0.5, 0.6) is 0 Å². The lowest BCUT2D eigenvalue weighted by Gasteiger charge is -2.34. The molecule has 1 N–H and O–H groups in total. The predicted molar refractivity (Wildman–Crippen MR) is 98.2 cm³/mol. The number of halogens is 2. The Hall–Kier alpha value is -3.23. The molecule has 1 saturated carbocycles. The number of benzene rings is 1. The Morgan fingerprint density at radius 2 is 1.76 bits per heavy atom. The highest BCUT2D eigenvalue weighted by molar-refractivity contribution is 6.11. The number of aromatic nitrogens is 2. The van der Waals surface area contributed by atoms with Crippen LogP contribution < -0.4 is 5.32 Å². The highest BCUT2D eigenvalue weighted by atomic mass is 19.3. The molecule has 7 nitrogen and oxygen atoms in total. The van der Waals surface area contributed by atoms with Gasteiger partial charge in [-0.25, -0.2) is 13.6 Å². The zero-order chi connectivity index (χ0) is 20.6. The maximum atomic E-state index is 13.4. The molecule has 4 rings (SSSR count). The van der Waals surface area contributed by atoms with Crippen LogP contribution in [0.1, 0.15) is 36.0 Å². The van der Waals surface area contributed by atoms with Gasteiger partial charge in [0.25, 0.3) is 5.91 Å². The number of rotatable bonds is 4. The summed E-state index contributed by atoms with van der Waals surface area (Å²) in [7, 11) is 0. The number of hydrogen-bond donors (Lipinski definition) is 1. The standard InChI is InChI=1S/C20H18F2N4O3/c21-20(22)7-5-19(6-8-20)17(28)26(18(29)25-19)12-16(27)14-3-1-13(2-4-14)15-11-23-9-10-24-15/h1-4,9-11H,5-8,12H2,(H,25,29). The number of urea groups is 1. The van der Waals surface area contributed by atoms with Crippen LogP contribution in [0.25, 0.3) is 11.3 Å². The van der Waals surface area contributed by atoms with Crippen LogP contribution >= 0.6 is 0 Å². The van der Waals surface area contributed by atoms with E-state index in [0.29, 0.717) is 11.3 Å². The van der Waals surface area contributed by atoms with Crippen LogP contribution in [0.2, 0.25) is 0 Å². The number of alkyl halides is 2. The van der Waals surface area contributed by atoms with Crippen molar-refractivity contribution in [2.45, 2.75) is 37.1 Å². The molecule has 1 aliphatic carbocycles. The Kier molecular flexibility index (Phi) is 4.60. The van der Waals surface area contributed by atoms with E-state index >= 15 is 0 Å². The number of nitrogens with one attached hydrogen (secondary N) is 1. The Morgan fingerprint density at radius 3 is 2.38 bits per heavy atom. The Balaban J connectivity index is 1.46. The molecule has 1 aromatic carbocycles. The first-order valence-corrected chi connectivity index (χ1v) is 9.21. The number of amides is 3. The predicted octanol–water partition coefficient (Wildman–Crippen LogP) is 2.83. The molecule has 0 unspecified atom stereocenters. The zero-order valence-corrected chi connectivity index (χ0v) is 15.4. The Labute approximate surface area is 165 Å². The highest BCUT2D eigenvalue weighted by Crippen LogP contribution is 2.41. The SMILES string of the molecule is O=C(CN1C(=O)NC2(CCC(F)(F)CC2)C1=O)c1ccc(-c2cnccn2)cc1. The summed E-state index contributed by atoms with van der Waals surface area (Å²) in [6.07, 6.45) is 3.50. The van der Waals surface area contributed by atoms with Crippen LogP contribution in [0.4, 0.5) is 13.6 Å². The van der Waals surface area contributed by atoms with Crippen LogP contribution in [0.3, 0.4) is 0 Å². The molecule has 9 heteroatoms. The first-order valence-electron chi connectivity index (χ1n) is 9.21. The van der Waals surface area contributed by atoms with Gasteiger partial charge in [-0.2, -0.15) is 0 Å². The van der Waals surface area contributed by atoms with Gasteiger partial charge >= 0.3 is 6.03 Å². The van der Waals surface area contributed by atoms with E-state index in [1.54, 1.807) is 42.9 Å². The van der Waals surface area contributed by atoms with E-state index in [4.69, 9.17) is 0 Å². The highest BCUT2D eigenvalue weighted by Gasteiger charge is 2.55. The quantitative estimate of drug-likeness (QED) is 0.629. The summed E-state index contributed by atoms with van der Waals surface area (Å²) in [5.74, 6) is -3.86. The largest absolute Gasteiger partial charge is 0.325 e. The van der Waals surface area contributed by atoms with Gasteiger partial charge in [0.1, 0.15) is 5.54 Å². The van der Waals surface area contributed by atoms with Crippen molar-refractivity contribution in [3.8, 4) is 11.3 Å². The summed E-state index contributed by atoms with van der Waals surface area (Å²) in [5, 5.41) is 2.53. The molecule has 1 aliphatic heterocycles. The molecule has 1 saturated heterocycles. The molecule has 3 amide bonds. The molecule has 0 radical (unpaired) electrons. The summed E-state index contributed by atoms with van der Waals surface area (Å²) in [4.78, 5) is 46.6. The van der Waals surface area contributed by atoms with Crippen molar-refractivity contribution in [1.29, 1.82) is 0 Å². The summed E-state index contributed by atoms with van der Waals surface area (Å²) < 4.78 is 26.9. The van der Waals surface area contributed by atoms with E-state index < -0.39 is 48.6 Å². The minimum atomic E-state index is -2.83. The normalized spacial score (nSPS) is 20.0. The second kappa shape index (κ2) is 6.98. The van der Waals surface area contributed by atoms with E-state index in [-0.39, 0.29) is 12.8 Å². The number of Topliss-reactive ketones (excluding diaryl/α,β-unsaturated/α-hetero) is 1. The molecule has 150 valence electrons. The fourth-order valence-electron chi connectivity index (χ4n) is 3.71. The molecular weight excluding hydrogens is 382 g/mol. The number of imide groups is 1. The molecule has 1 aromatic heterocycles. The maximum Gasteiger partial charge on any atom is 0.325 e. The van der Waals surface area contributed by atoms with Crippen LogP contribution in [0.15, 0.2) is 42.9 Å². The summed E-state index contributed by atoms with van der Waals surface area (Å²) in [6.45, 7) is -0.437. The fraction of sp³-hybridized carbons (Fsp3) is 0.350. The van der Waals surface area contributed by atoms with Crippen molar-refractivity contribution in [3.63, 3.8) is 0 Å². The van der Waals surface area contributed by atoms with Gasteiger partial charge < -0.3 is 5.32 Å². The van der Waals surface area contributed by atoms with Crippen molar-refractivity contribution in [3.05, 3.63) is 48.4 Å². The third-order valence-corrected chi connectivity index (χ3v) is 5.45. The number of hydrogen-bond acceptors (Lipinski definition) is 5. The van der Waals surface area contributed by atoms with Crippen LogP contribution in [0, 0.1) is 0 Å². The molecule has 2 fully saturated rings. The molecule has 2 aliphatic rings. The van der Waals surface area contributed by atoms with E-state index in [1.807, 2.05) is 0 Å². The minimum Gasteiger partial charge on any atom is -0.323 e. The van der Waals surface area contributed by atoms with E-state index in [2.05, 4.69) is 15.3 Å². The number of carbonyl (C=O) groups excluding carboxylic acids is 3. The minimum absolute atomic E-state index is 0.137. The van der Waals surface area contributed by atoms with Gasteiger partial charge in [-0.1, -0.05) is 24.3 Å². The first kappa shape index (κ1) is 19.1. The molecule has 2 aromatic rings. The van der Waals surface area contributed by atoms with Crippen LogP contribution in [-0.4, -0.2) is 50.6 Å². The first-order chi connectivity index (χ1) is 13.8. The van der Waals surface area contributed by atoms with E-state index in [9.17, 15) is 23.2 Å². The van der Waals surface area contributed by atoms with E-state index in [0.717, 1.165) is 10.5 Å². The second-order valence-corrected chi connectivity index (χ2v) is 7.35. The van der Waals surface area contributed by atoms with Gasteiger partial charge in [0.2, 0.25) is 5.92 Å². The molecular formula is C20H18F2N4O3. The lowest BCUT2D eigenvalue weighted by Crippen LogP contribution is -2.51. The second-order valence-electron chi connectivity index (χ2n) is 7.35. The van der Waals surface area contributed by atoms with Gasteiger partial charge in [0.05, 0.1) is 18.4 Å². The molecule has 1 spiro atoms. The van der Waals surface area contributed by atoms with Crippen molar-refractivity contribution < 1.29 is 23.2 Å². The third kappa shape index (κ3) is 3.59. The molecule has 0 bridgehead atoms. The average Bonchev–Trinajstić information content (AvgIpc) is 2.95. The maximum absolute atomic E-state index is 13.4. The summed E-state index contributed by atoms with van der Waals surface area (Å²) in [6, 6.07) is 5.86. The van der Waals surface area contributed by atoms with Gasteiger partial charge in [-0.15, -0.1) is 0 Å². The molecule has 0 atom stereocenters. The lowest BCUT2D eigenvalue weighted by molar-refractivity contribution is -0.135. The third-order valence-electron chi connectivity index (χ3n) is 5.45. The number of carbonyl (C=O) groups is 3. The monoisotopic (exact) mass is 400 g/mol. The smallest absolute Gasteiger partial charge is 0.323 e. The van der Waals surface area contributed by atoms with E-state index in [1.165, 1.54) is 0 Å². The van der Waals surface area contributed by atoms with Gasteiger partial charge in [0, 0.05) is 36.4 Å². The lowest BCUT2D eigenvalue weighted by atomic mass is 9.80. The van der Waals surface area contributed by atoms with Crippen molar-refractivity contribution >= 4 is 17.7 Å². The molecule has 2 heterocycles. The summed E-state index contributed by atoms with van der Waals surface area (Å²) >= 11 is 0. The number of ketones is 1. The number of nitrogens with zero attached hydrogens (tertiary/aromatic N) is 3. The zero-order valence-electron chi connectivity index (χ0n) is 15.4.